The molecule has 118 valence electrons. The van der Waals surface area contributed by atoms with Gasteiger partial charge in [0.25, 0.3) is 0 Å². The largest absolute Gasteiger partial charge is 0.467 e. The fourth-order valence-electron chi connectivity index (χ4n) is 2.11. The average Bonchev–Trinajstić information content (AvgIpc) is 3.18. The van der Waals surface area contributed by atoms with Crippen molar-refractivity contribution >= 4 is 17.0 Å². The number of aromatic nitrogens is 1. The van der Waals surface area contributed by atoms with Crippen LogP contribution in [0.25, 0.3) is 0 Å². The van der Waals surface area contributed by atoms with Gasteiger partial charge in [-0.25, -0.2) is 4.39 Å². The van der Waals surface area contributed by atoms with Gasteiger partial charge in [-0.2, -0.15) is 5.10 Å². The predicted molar refractivity (Wildman–Crippen MR) is 89.0 cm³/mol. The van der Waals surface area contributed by atoms with Gasteiger partial charge in [0.15, 0.2) is 0 Å². The molecule has 0 fully saturated rings. The molecule has 0 spiro atoms. The van der Waals surface area contributed by atoms with E-state index >= 15 is 0 Å². The Morgan fingerprint density at radius 2 is 2.04 bits per heavy atom. The molecule has 0 bridgehead atoms. The SMILES string of the molecule is C/C(=N/N=c1/scc(C)n1Cc1ccco1)c1ccc(F)cc1. The minimum absolute atomic E-state index is 0.260. The van der Waals surface area contributed by atoms with E-state index in [0.29, 0.717) is 6.54 Å². The average molecular weight is 329 g/mol. The zero-order chi connectivity index (χ0) is 16.2. The van der Waals surface area contributed by atoms with Crippen molar-refractivity contribution < 1.29 is 8.81 Å². The van der Waals surface area contributed by atoms with E-state index in [-0.39, 0.29) is 5.82 Å². The number of thiazole rings is 1. The third kappa shape index (κ3) is 3.65. The number of hydrogen-bond donors (Lipinski definition) is 0. The summed E-state index contributed by atoms with van der Waals surface area (Å²) in [5.41, 5.74) is 2.68. The molecular formula is C17H16FN3OS. The van der Waals surface area contributed by atoms with Gasteiger partial charge in [-0.1, -0.05) is 12.1 Å². The monoisotopic (exact) mass is 329 g/mol. The first-order valence-corrected chi connectivity index (χ1v) is 8.03. The number of hydrogen-bond acceptors (Lipinski definition) is 4. The molecule has 6 heteroatoms. The highest BCUT2D eigenvalue weighted by Gasteiger charge is 2.04. The lowest BCUT2D eigenvalue weighted by molar-refractivity contribution is 0.488. The van der Waals surface area contributed by atoms with Crippen molar-refractivity contribution in [3.63, 3.8) is 0 Å². The van der Waals surface area contributed by atoms with Crippen molar-refractivity contribution in [2.75, 3.05) is 0 Å². The van der Waals surface area contributed by atoms with Gasteiger partial charge in [0.1, 0.15) is 11.6 Å². The van der Waals surface area contributed by atoms with Crippen LogP contribution in [0.5, 0.6) is 0 Å². The molecule has 3 rings (SSSR count). The smallest absolute Gasteiger partial charge is 0.211 e. The van der Waals surface area contributed by atoms with Gasteiger partial charge in [0, 0.05) is 11.1 Å². The second-order valence-corrected chi connectivity index (χ2v) is 5.95. The van der Waals surface area contributed by atoms with Crippen molar-refractivity contribution in [1.29, 1.82) is 0 Å². The first-order valence-electron chi connectivity index (χ1n) is 7.15. The summed E-state index contributed by atoms with van der Waals surface area (Å²) in [4.78, 5) is 0.792. The Hall–Kier alpha value is -2.47. The molecule has 0 atom stereocenters. The predicted octanol–water partition coefficient (Wildman–Crippen LogP) is 3.96. The summed E-state index contributed by atoms with van der Waals surface area (Å²) in [6.07, 6.45) is 1.66. The molecule has 1 aromatic carbocycles. The summed E-state index contributed by atoms with van der Waals surface area (Å²) in [6, 6.07) is 10.0. The summed E-state index contributed by atoms with van der Waals surface area (Å²) in [6.45, 7) is 4.50. The van der Waals surface area contributed by atoms with Crippen molar-refractivity contribution in [3.8, 4) is 0 Å². The molecule has 4 nitrogen and oxygen atoms in total. The van der Waals surface area contributed by atoms with Gasteiger partial charge in [-0.3, -0.25) is 0 Å². The first kappa shape index (κ1) is 15.4. The lowest BCUT2D eigenvalue weighted by Crippen LogP contribution is -2.16. The number of benzene rings is 1. The lowest BCUT2D eigenvalue weighted by atomic mass is 10.1. The summed E-state index contributed by atoms with van der Waals surface area (Å²) >= 11 is 1.53. The van der Waals surface area contributed by atoms with Crippen LogP contribution >= 0.6 is 11.3 Å². The topological polar surface area (TPSA) is 42.8 Å². The van der Waals surface area contributed by atoms with Gasteiger partial charge in [-0.15, -0.1) is 16.4 Å². The lowest BCUT2D eigenvalue weighted by Gasteiger charge is -2.02. The van der Waals surface area contributed by atoms with Crippen molar-refractivity contribution in [2.45, 2.75) is 20.4 Å². The van der Waals surface area contributed by atoms with Crippen LogP contribution in [0.4, 0.5) is 4.39 Å². The van der Waals surface area contributed by atoms with E-state index in [1.54, 1.807) is 18.4 Å². The van der Waals surface area contributed by atoms with Crippen LogP contribution in [0.15, 0.2) is 62.7 Å². The van der Waals surface area contributed by atoms with Crippen molar-refractivity contribution in [1.82, 2.24) is 4.57 Å². The molecular weight excluding hydrogens is 313 g/mol. The number of furan rings is 1. The van der Waals surface area contributed by atoms with Crippen LogP contribution in [0.2, 0.25) is 0 Å². The van der Waals surface area contributed by atoms with E-state index in [9.17, 15) is 4.39 Å². The van der Waals surface area contributed by atoms with Gasteiger partial charge in [0.2, 0.25) is 4.80 Å². The fourth-order valence-corrected chi connectivity index (χ4v) is 2.94. The van der Waals surface area contributed by atoms with E-state index in [2.05, 4.69) is 10.2 Å². The summed E-state index contributed by atoms with van der Waals surface area (Å²) < 4.78 is 20.4. The minimum atomic E-state index is -0.260. The Morgan fingerprint density at radius 1 is 1.26 bits per heavy atom. The second-order valence-electron chi connectivity index (χ2n) is 5.12. The fraction of sp³-hybridized carbons (Fsp3) is 0.176. The maximum absolute atomic E-state index is 13.0. The van der Waals surface area contributed by atoms with Crippen LogP contribution < -0.4 is 4.80 Å². The maximum atomic E-state index is 13.0. The molecule has 0 saturated heterocycles. The molecule has 3 aromatic rings. The van der Waals surface area contributed by atoms with Crippen LogP contribution in [0, 0.1) is 12.7 Å². The Balaban J connectivity index is 1.90. The highest BCUT2D eigenvalue weighted by Crippen LogP contribution is 2.08. The van der Waals surface area contributed by atoms with Gasteiger partial charge in [0.05, 0.1) is 18.5 Å². The molecule has 0 N–H and O–H groups in total. The number of aryl methyl sites for hydroxylation is 1. The van der Waals surface area contributed by atoms with E-state index in [1.807, 2.05) is 35.9 Å². The number of rotatable bonds is 4. The Bertz CT molecular complexity index is 873. The van der Waals surface area contributed by atoms with Crippen molar-refractivity contribution in [3.05, 3.63) is 75.7 Å². The zero-order valence-corrected chi connectivity index (χ0v) is 13.7. The first-order chi connectivity index (χ1) is 11.1. The molecule has 0 aliphatic rings. The van der Waals surface area contributed by atoms with E-state index in [0.717, 1.165) is 27.5 Å². The van der Waals surface area contributed by atoms with Crippen molar-refractivity contribution in [2.24, 2.45) is 10.2 Å². The molecule has 2 aromatic heterocycles. The number of halogens is 1. The minimum Gasteiger partial charge on any atom is -0.467 e. The molecule has 0 amide bonds. The second kappa shape index (κ2) is 6.75. The van der Waals surface area contributed by atoms with Crippen LogP contribution in [-0.2, 0) is 6.54 Å². The van der Waals surface area contributed by atoms with E-state index in [1.165, 1.54) is 23.5 Å². The zero-order valence-electron chi connectivity index (χ0n) is 12.9. The molecule has 0 unspecified atom stereocenters. The molecule has 2 heterocycles. The third-order valence-electron chi connectivity index (χ3n) is 3.43. The molecule has 0 radical (unpaired) electrons. The Labute approximate surface area is 137 Å². The van der Waals surface area contributed by atoms with Crippen LogP contribution in [0.1, 0.15) is 23.9 Å². The van der Waals surface area contributed by atoms with Gasteiger partial charge >= 0.3 is 0 Å². The molecule has 0 aliphatic carbocycles. The summed E-state index contributed by atoms with van der Waals surface area (Å²) in [7, 11) is 0. The standard InChI is InChI=1S/C17H16FN3OS/c1-12-11-23-17(21(12)10-16-4-3-9-22-16)20-19-13(2)14-5-7-15(18)8-6-14/h3-9,11H,10H2,1-2H3/b19-13-,20-17+. The molecule has 23 heavy (non-hydrogen) atoms. The highest BCUT2D eigenvalue weighted by molar-refractivity contribution is 7.07. The highest BCUT2D eigenvalue weighted by atomic mass is 32.1. The van der Waals surface area contributed by atoms with E-state index < -0.39 is 0 Å². The van der Waals surface area contributed by atoms with Crippen LogP contribution in [-0.4, -0.2) is 10.3 Å². The maximum Gasteiger partial charge on any atom is 0.211 e. The van der Waals surface area contributed by atoms with Gasteiger partial charge in [-0.05, 0) is 43.7 Å². The molecule has 0 saturated carbocycles. The van der Waals surface area contributed by atoms with Crippen LogP contribution in [0.3, 0.4) is 0 Å². The Kier molecular flexibility index (Phi) is 4.52. The third-order valence-corrected chi connectivity index (χ3v) is 4.40. The van der Waals surface area contributed by atoms with E-state index in [4.69, 9.17) is 4.42 Å². The summed E-state index contributed by atoms with van der Waals surface area (Å²) in [5, 5.41) is 10.6. The van der Waals surface area contributed by atoms with Gasteiger partial charge < -0.3 is 8.98 Å². The molecule has 0 aliphatic heterocycles. The quantitative estimate of drug-likeness (QED) is 0.528. The number of nitrogens with zero attached hydrogens (tertiary/aromatic N) is 3. The Morgan fingerprint density at radius 3 is 2.74 bits per heavy atom. The summed E-state index contributed by atoms with van der Waals surface area (Å²) in [5.74, 6) is 0.607. The normalized spacial score (nSPS) is 12.8.